The maximum absolute atomic E-state index is 13.8. The Balaban J connectivity index is 2.04. The van der Waals surface area contributed by atoms with E-state index in [9.17, 15) is 9.50 Å². The topological polar surface area (TPSA) is 47.9 Å². The van der Waals surface area contributed by atoms with Crippen molar-refractivity contribution in [2.45, 2.75) is 31.0 Å². The minimum Gasteiger partial charge on any atom is -0.390 e. The summed E-state index contributed by atoms with van der Waals surface area (Å²) in [5.41, 5.74) is -1.58. The summed E-state index contributed by atoms with van der Waals surface area (Å²) in [6, 6.07) is 0. The fourth-order valence-corrected chi connectivity index (χ4v) is 1.65. The van der Waals surface area contributed by atoms with Crippen LogP contribution in [0.3, 0.4) is 0 Å². The van der Waals surface area contributed by atoms with Crippen molar-refractivity contribution in [3.05, 3.63) is 0 Å². The van der Waals surface area contributed by atoms with Crippen molar-refractivity contribution < 1.29 is 23.7 Å². The first kappa shape index (κ1) is 12.8. The molecule has 0 saturated heterocycles. The quantitative estimate of drug-likeness (QED) is 0.513. The van der Waals surface area contributed by atoms with E-state index in [1.807, 2.05) is 0 Å². The molecule has 0 aromatic rings. The van der Waals surface area contributed by atoms with Crippen LogP contribution in [-0.2, 0) is 14.2 Å². The lowest BCUT2D eigenvalue weighted by Crippen LogP contribution is -2.37. The number of halogens is 1. The molecule has 0 heterocycles. The molecule has 0 unspecified atom stereocenters. The Labute approximate surface area is 89.3 Å². The van der Waals surface area contributed by atoms with Gasteiger partial charge in [-0.25, -0.2) is 4.39 Å². The number of aliphatic hydroxyl groups is 1. The van der Waals surface area contributed by atoms with E-state index in [0.717, 1.165) is 0 Å². The molecule has 1 saturated carbocycles. The Morgan fingerprint density at radius 3 is 2.80 bits per heavy atom. The Hall–Kier alpha value is -0.230. The average Bonchev–Trinajstić information content (AvgIpc) is 2.54. The molecule has 1 rings (SSSR count). The fourth-order valence-electron chi connectivity index (χ4n) is 1.65. The minimum absolute atomic E-state index is 0.0434. The molecule has 0 bridgehead atoms. The summed E-state index contributed by atoms with van der Waals surface area (Å²) in [6.07, 6.45) is 0.707. The molecule has 0 radical (unpaired) electrons. The van der Waals surface area contributed by atoms with Gasteiger partial charge in [-0.3, -0.25) is 0 Å². The van der Waals surface area contributed by atoms with E-state index in [-0.39, 0.29) is 13.4 Å². The highest BCUT2D eigenvalue weighted by Crippen LogP contribution is 2.33. The first-order chi connectivity index (χ1) is 7.19. The lowest BCUT2D eigenvalue weighted by atomic mass is 10.0. The van der Waals surface area contributed by atoms with Crippen molar-refractivity contribution in [2.75, 3.05) is 33.7 Å². The third-order valence-corrected chi connectivity index (χ3v) is 2.61. The Kier molecular flexibility index (Phi) is 5.45. The van der Waals surface area contributed by atoms with Gasteiger partial charge in [0.2, 0.25) is 0 Å². The van der Waals surface area contributed by atoms with Crippen molar-refractivity contribution in [1.29, 1.82) is 0 Å². The minimum atomic E-state index is -1.58. The van der Waals surface area contributed by atoms with Crippen LogP contribution in [0.1, 0.15) is 19.3 Å². The highest BCUT2D eigenvalue weighted by atomic mass is 19.1. The van der Waals surface area contributed by atoms with Crippen molar-refractivity contribution in [2.24, 2.45) is 0 Å². The first-order valence-corrected chi connectivity index (χ1v) is 5.20. The maximum Gasteiger partial charge on any atom is 0.159 e. The molecule has 0 amide bonds. The van der Waals surface area contributed by atoms with Crippen molar-refractivity contribution in [1.82, 2.24) is 0 Å². The highest BCUT2D eigenvalue weighted by molar-refractivity contribution is 4.92. The smallest absolute Gasteiger partial charge is 0.159 e. The Morgan fingerprint density at radius 1 is 1.40 bits per heavy atom. The number of rotatable bonds is 7. The third kappa shape index (κ3) is 4.03. The van der Waals surface area contributed by atoms with Gasteiger partial charge in [0.1, 0.15) is 6.79 Å². The van der Waals surface area contributed by atoms with Crippen LogP contribution in [-0.4, -0.2) is 50.6 Å². The summed E-state index contributed by atoms with van der Waals surface area (Å²) in [4.78, 5) is 0. The van der Waals surface area contributed by atoms with Crippen molar-refractivity contribution in [3.8, 4) is 0 Å². The zero-order valence-corrected chi connectivity index (χ0v) is 9.08. The van der Waals surface area contributed by atoms with Crippen LogP contribution in [0, 0.1) is 0 Å². The summed E-state index contributed by atoms with van der Waals surface area (Å²) in [6.45, 7) is 0.869. The summed E-state index contributed by atoms with van der Waals surface area (Å²) in [7, 11) is 1.58. The van der Waals surface area contributed by atoms with Gasteiger partial charge in [-0.1, -0.05) is 0 Å². The van der Waals surface area contributed by atoms with Crippen LogP contribution in [0.25, 0.3) is 0 Å². The molecule has 1 fully saturated rings. The molecule has 0 aromatic heterocycles. The van der Waals surface area contributed by atoms with Gasteiger partial charge >= 0.3 is 0 Å². The molecule has 1 aliphatic rings. The highest BCUT2D eigenvalue weighted by Gasteiger charge is 2.42. The molecular formula is C10H19FO4. The second kappa shape index (κ2) is 6.37. The summed E-state index contributed by atoms with van der Waals surface area (Å²) in [5, 5.41) is 9.37. The van der Waals surface area contributed by atoms with Crippen LogP contribution >= 0.6 is 0 Å². The van der Waals surface area contributed by atoms with Crippen LogP contribution in [0.5, 0.6) is 0 Å². The fraction of sp³-hybridized carbons (Fsp3) is 1.00. The predicted molar refractivity (Wildman–Crippen MR) is 52.3 cm³/mol. The summed E-state index contributed by atoms with van der Waals surface area (Å²) < 4.78 is 28.6. The molecule has 2 atom stereocenters. The molecule has 0 spiro atoms. The van der Waals surface area contributed by atoms with Gasteiger partial charge in [-0.2, -0.15) is 0 Å². The van der Waals surface area contributed by atoms with Gasteiger partial charge < -0.3 is 19.3 Å². The lowest BCUT2D eigenvalue weighted by molar-refractivity contribution is -0.115. The van der Waals surface area contributed by atoms with Crippen molar-refractivity contribution in [3.63, 3.8) is 0 Å². The Bertz CT molecular complexity index is 179. The second-order valence-corrected chi connectivity index (χ2v) is 3.81. The Morgan fingerprint density at radius 2 is 2.20 bits per heavy atom. The van der Waals surface area contributed by atoms with E-state index < -0.39 is 11.8 Å². The van der Waals surface area contributed by atoms with E-state index in [0.29, 0.717) is 32.5 Å². The van der Waals surface area contributed by atoms with Gasteiger partial charge in [-0.15, -0.1) is 0 Å². The van der Waals surface area contributed by atoms with E-state index in [2.05, 4.69) is 0 Å². The zero-order valence-electron chi connectivity index (χ0n) is 9.08. The molecule has 15 heavy (non-hydrogen) atoms. The SMILES string of the molecule is COCCOCOC[C@@]1(F)CCC[C@@H]1O. The number of aliphatic hydroxyl groups excluding tert-OH is 1. The van der Waals surface area contributed by atoms with E-state index in [1.165, 1.54) is 0 Å². The molecule has 90 valence electrons. The third-order valence-electron chi connectivity index (χ3n) is 2.61. The monoisotopic (exact) mass is 222 g/mol. The maximum atomic E-state index is 13.8. The number of ether oxygens (including phenoxy) is 3. The molecule has 5 heteroatoms. The normalized spacial score (nSPS) is 31.0. The average molecular weight is 222 g/mol. The molecule has 1 aliphatic carbocycles. The standard InChI is InChI=1S/C10H19FO4/c1-13-5-6-14-8-15-7-10(11)4-2-3-9(10)12/h9,12H,2-8H2,1H3/t9-,10-/m0/s1. The van der Waals surface area contributed by atoms with Crippen LogP contribution in [0.4, 0.5) is 4.39 Å². The van der Waals surface area contributed by atoms with E-state index >= 15 is 0 Å². The molecule has 1 N–H and O–H groups in total. The van der Waals surface area contributed by atoms with E-state index in [1.54, 1.807) is 7.11 Å². The molecule has 0 aliphatic heterocycles. The molecular weight excluding hydrogens is 203 g/mol. The second-order valence-electron chi connectivity index (χ2n) is 3.81. The van der Waals surface area contributed by atoms with Crippen LogP contribution in [0.2, 0.25) is 0 Å². The van der Waals surface area contributed by atoms with Gasteiger partial charge in [-0.05, 0) is 19.3 Å². The number of hydrogen-bond donors (Lipinski definition) is 1. The van der Waals surface area contributed by atoms with Gasteiger partial charge in [0.25, 0.3) is 0 Å². The zero-order chi connectivity index (χ0) is 11.1. The van der Waals surface area contributed by atoms with Crippen LogP contribution in [0.15, 0.2) is 0 Å². The number of alkyl halides is 1. The van der Waals surface area contributed by atoms with Gasteiger partial charge in [0, 0.05) is 7.11 Å². The largest absolute Gasteiger partial charge is 0.390 e. The van der Waals surface area contributed by atoms with Gasteiger partial charge in [0.05, 0.1) is 25.9 Å². The number of methoxy groups -OCH3 is 1. The molecule has 4 nitrogen and oxygen atoms in total. The predicted octanol–water partition coefficient (Wildman–Crippen LogP) is 0.877. The van der Waals surface area contributed by atoms with Gasteiger partial charge in [0.15, 0.2) is 5.67 Å². The first-order valence-electron chi connectivity index (χ1n) is 5.20. The van der Waals surface area contributed by atoms with Crippen molar-refractivity contribution >= 4 is 0 Å². The number of hydrogen-bond acceptors (Lipinski definition) is 4. The lowest BCUT2D eigenvalue weighted by Gasteiger charge is -2.23. The summed E-state index contributed by atoms with van der Waals surface area (Å²) >= 11 is 0. The van der Waals surface area contributed by atoms with Crippen LogP contribution < -0.4 is 0 Å². The molecule has 0 aromatic carbocycles. The summed E-state index contributed by atoms with van der Waals surface area (Å²) in [5.74, 6) is 0. The van der Waals surface area contributed by atoms with E-state index in [4.69, 9.17) is 14.2 Å².